The lowest BCUT2D eigenvalue weighted by Crippen LogP contribution is -2.44. The van der Waals surface area contributed by atoms with E-state index in [1.54, 1.807) is 54.5 Å². The summed E-state index contributed by atoms with van der Waals surface area (Å²) < 4.78 is 5.39. The van der Waals surface area contributed by atoms with Gasteiger partial charge in [0.2, 0.25) is 5.91 Å². The van der Waals surface area contributed by atoms with Gasteiger partial charge in [0.25, 0.3) is 5.91 Å². The van der Waals surface area contributed by atoms with Gasteiger partial charge in [0.15, 0.2) is 0 Å². The fraction of sp³-hybridized carbons (Fsp3) is 0.227. The summed E-state index contributed by atoms with van der Waals surface area (Å²) in [7, 11) is 0. The van der Waals surface area contributed by atoms with Gasteiger partial charge in [-0.2, -0.15) is 0 Å². The van der Waals surface area contributed by atoms with Gasteiger partial charge in [-0.1, -0.05) is 36.4 Å². The molecule has 0 radical (unpaired) electrons. The first kappa shape index (κ1) is 19.9. The van der Waals surface area contributed by atoms with Crippen molar-refractivity contribution >= 4 is 29.2 Å². The average molecular weight is 423 g/mol. The molecule has 8 heteroatoms. The highest BCUT2D eigenvalue weighted by molar-refractivity contribution is 7.09. The molecule has 1 aromatic carbocycles. The largest absolute Gasteiger partial charge is 0.467 e. The van der Waals surface area contributed by atoms with Gasteiger partial charge in [-0.05, 0) is 36.1 Å². The third-order valence-electron chi connectivity index (χ3n) is 5.13. The zero-order valence-electron chi connectivity index (χ0n) is 16.4. The van der Waals surface area contributed by atoms with Crippen molar-refractivity contribution in [1.82, 2.24) is 15.1 Å². The van der Waals surface area contributed by atoms with Crippen molar-refractivity contribution in [2.24, 2.45) is 0 Å². The Morgan fingerprint density at radius 1 is 1.10 bits per heavy atom. The minimum atomic E-state index is -1.20. The van der Waals surface area contributed by atoms with Gasteiger partial charge >= 0.3 is 6.03 Å². The van der Waals surface area contributed by atoms with Gasteiger partial charge < -0.3 is 14.6 Å². The molecular formula is C22H21N3O4S. The predicted octanol–water partition coefficient (Wildman–Crippen LogP) is 3.34. The van der Waals surface area contributed by atoms with Crippen molar-refractivity contribution in [3.05, 3.63) is 82.4 Å². The van der Waals surface area contributed by atoms with Crippen LogP contribution in [0.3, 0.4) is 0 Å². The molecular weight excluding hydrogens is 402 g/mol. The van der Waals surface area contributed by atoms with Crippen molar-refractivity contribution in [1.29, 1.82) is 0 Å². The lowest BCUT2D eigenvalue weighted by molar-refractivity contribution is -0.139. The zero-order chi connectivity index (χ0) is 21.1. The maximum absolute atomic E-state index is 13.1. The van der Waals surface area contributed by atoms with Crippen molar-refractivity contribution in [2.75, 3.05) is 6.54 Å². The Morgan fingerprint density at radius 3 is 2.57 bits per heavy atom. The summed E-state index contributed by atoms with van der Waals surface area (Å²) >= 11 is 1.54. The molecule has 0 bridgehead atoms. The number of thiophene rings is 1. The van der Waals surface area contributed by atoms with E-state index in [9.17, 15) is 14.4 Å². The molecule has 0 aliphatic carbocycles. The van der Waals surface area contributed by atoms with E-state index in [2.05, 4.69) is 5.32 Å². The standard InChI is InChI=1S/C22H21N3O4S/c1-22(16-7-3-2-4-8-16)20(27)25(21(28)23-22)15-19(26)24(13-17-9-5-11-29-17)14-18-10-6-12-30-18/h2-12H,13-15H2,1H3,(H,23,28)/t22-/m0/s1. The van der Waals surface area contributed by atoms with Gasteiger partial charge in [-0.25, -0.2) is 4.79 Å². The lowest BCUT2D eigenvalue weighted by atomic mass is 9.92. The quantitative estimate of drug-likeness (QED) is 0.591. The molecule has 4 rings (SSSR count). The normalized spacial score (nSPS) is 18.5. The molecule has 4 amide bonds. The minimum absolute atomic E-state index is 0.253. The number of urea groups is 1. The van der Waals surface area contributed by atoms with Gasteiger partial charge in [0.1, 0.15) is 17.8 Å². The summed E-state index contributed by atoms with van der Waals surface area (Å²) in [6.45, 7) is 1.94. The van der Waals surface area contributed by atoms with Crippen molar-refractivity contribution in [2.45, 2.75) is 25.6 Å². The number of hydrogen-bond acceptors (Lipinski definition) is 5. The maximum atomic E-state index is 13.1. The molecule has 1 atom stereocenters. The summed E-state index contributed by atoms with van der Waals surface area (Å²) in [5.41, 5.74) is -0.526. The van der Waals surface area contributed by atoms with Gasteiger partial charge in [0, 0.05) is 4.88 Å². The van der Waals surface area contributed by atoms with Crippen LogP contribution in [-0.4, -0.2) is 34.2 Å². The highest BCUT2D eigenvalue weighted by Gasteiger charge is 2.49. The molecule has 0 unspecified atom stereocenters. The fourth-order valence-corrected chi connectivity index (χ4v) is 4.18. The third-order valence-corrected chi connectivity index (χ3v) is 5.99. The molecule has 1 aliphatic heterocycles. The van der Waals surface area contributed by atoms with Crippen LogP contribution in [0.4, 0.5) is 4.79 Å². The second-order valence-corrected chi connectivity index (χ2v) is 8.25. The van der Waals surface area contributed by atoms with Crippen LogP contribution in [0.25, 0.3) is 0 Å². The summed E-state index contributed by atoms with van der Waals surface area (Å²) in [6, 6.07) is 15.8. The van der Waals surface area contributed by atoms with Crippen LogP contribution in [0.5, 0.6) is 0 Å². The molecule has 2 aromatic heterocycles. The smallest absolute Gasteiger partial charge is 0.325 e. The van der Waals surface area contributed by atoms with Crippen LogP contribution < -0.4 is 5.32 Å². The number of hydrogen-bond donors (Lipinski definition) is 1. The first-order chi connectivity index (χ1) is 14.5. The van der Waals surface area contributed by atoms with Gasteiger partial charge in [0.05, 0.1) is 19.4 Å². The summed E-state index contributed by atoms with van der Waals surface area (Å²) in [6.07, 6.45) is 1.55. The maximum Gasteiger partial charge on any atom is 0.325 e. The number of rotatable bonds is 7. The summed E-state index contributed by atoms with van der Waals surface area (Å²) in [4.78, 5) is 42.3. The Kier molecular flexibility index (Phi) is 5.41. The highest BCUT2D eigenvalue weighted by atomic mass is 32.1. The summed E-state index contributed by atoms with van der Waals surface area (Å²) in [5.74, 6) is -0.145. The molecule has 1 saturated heterocycles. The average Bonchev–Trinajstić information content (AvgIpc) is 3.48. The fourth-order valence-electron chi connectivity index (χ4n) is 3.46. The Labute approximate surface area is 177 Å². The van der Waals surface area contributed by atoms with Crippen molar-refractivity contribution < 1.29 is 18.8 Å². The van der Waals surface area contributed by atoms with E-state index in [0.29, 0.717) is 17.9 Å². The number of benzene rings is 1. The topological polar surface area (TPSA) is 82.9 Å². The Morgan fingerprint density at radius 2 is 1.90 bits per heavy atom. The van der Waals surface area contributed by atoms with E-state index in [4.69, 9.17) is 4.42 Å². The summed E-state index contributed by atoms with van der Waals surface area (Å²) in [5, 5.41) is 4.67. The van der Waals surface area contributed by atoms with Crippen LogP contribution in [0.15, 0.2) is 70.7 Å². The van der Waals surface area contributed by atoms with E-state index >= 15 is 0 Å². The van der Waals surface area contributed by atoms with Crippen LogP contribution in [-0.2, 0) is 28.2 Å². The van der Waals surface area contributed by atoms with E-state index in [1.165, 1.54) is 11.3 Å². The molecule has 3 aromatic rings. The lowest BCUT2D eigenvalue weighted by Gasteiger charge is -2.24. The van der Waals surface area contributed by atoms with Gasteiger partial charge in [-0.3, -0.25) is 14.5 Å². The van der Waals surface area contributed by atoms with Gasteiger partial charge in [-0.15, -0.1) is 11.3 Å². The molecule has 7 nitrogen and oxygen atoms in total. The SMILES string of the molecule is C[C@@]1(c2ccccc2)NC(=O)N(CC(=O)N(Cc2ccco2)Cc2cccs2)C1=O. The third kappa shape index (κ3) is 3.86. The molecule has 1 aliphatic rings. The number of nitrogens with one attached hydrogen (secondary N) is 1. The highest BCUT2D eigenvalue weighted by Crippen LogP contribution is 2.28. The second-order valence-electron chi connectivity index (χ2n) is 7.22. The number of amides is 4. The van der Waals surface area contributed by atoms with E-state index in [1.807, 2.05) is 23.6 Å². The van der Waals surface area contributed by atoms with Crippen molar-refractivity contribution in [3.63, 3.8) is 0 Å². The first-order valence-corrected chi connectivity index (χ1v) is 10.4. The molecule has 1 fully saturated rings. The van der Waals surface area contributed by atoms with Crippen LogP contribution in [0, 0.1) is 0 Å². The van der Waals surface area contributed by atoms with Crippen molar-refractivity contribution in [3.8, 4) is 0 Å². The minimum Gasteiger partial charge on any atom is -0.467 e. The Bertz CT molecular complexity index is 998. The number of carbonyl (C=O) groups excluding carboxylic acids is 3. The zero-order valence-corrected chi connectivity index (χ0v) is 17.2. The van der Waals surface area contributed by atoms with E-state index in [-0.39, 0.29) is 19.0 Å². The molecule has 0 saturated carbocycles. The van der Waals surface area contributed by atoms with Crippen LogP contribution >= 0.6 is 11.3 Å². The number of furan rings is 1. The monoisotopic (exact) mass is 423 g/mol. The van der Waals surface area contributed by atoms with Crippen LogP contribution in [0.2, 0.25) is 0 Å². The predicted molar refractivity (Wildman–Crippen MR) is 111 cm³/mol. The molecule has 3 heterocycles. The molecule has 30 heavy (non-hydrogen) atoms. The Balaban J connectivity index is 1.52. The number of carbonyl (C=O) groups is 3. The first-order valence-electron chi connectivity index (χ1n) is 9.49. The molecule has 0 spiro atoms. The number of nitrogens with zero attached hydrogens (tertiary/aromatic N) is 2. The van der Waals surface area contributed by atoms with E-state index < -0.39 is 17.5 Å². The molecule has 1 N–H and O–H groups in total. The number of imide groups is 1. The van der Waals surface area contributed by atoms with Crippen LogP contribution in [0.1, 0.15) is 23.1 Å². The molecule has 154 valence electrons. The van der Waals surface area contributed by atoms with E-state index in [0.717, 1.165) is 9.78 Å². The Hall–Kier alpha value is -3.39. The second kappa shape index (κ2) is 8.16.